The second-order valence-electron chi connectivity index (χ2n) is 10.6. The molecule has 0 bridgehead atoms. The third kappa shape index (κ3) is 6.06. The summed E-state index contributed by atoms with van der Waals surface area (Å²) in [4.78, 5) is 18.7. The first-order valence-corrected chi connectivity index (χ1v) is 13.1. The maximum atomic E-state index is 13.4. The van der Waals surface area contributed by atoms with Gasteiger partial charge < -0.3 is 19.2 Å². The van der Waals surface area contributed by atoms with Gasteiger partial charge in [-0.2, -0.15) is 0 Å². The van der Waals surface area contributed by atoms with E-state index in [0.717, 1.165) is 35.4 Å². The number of hydrogen-bond donors (Lipinski definition) is 1. The second-order valence-corrected chi connectivity index (χ2v) is 10.6. The number of para-hydroxylation sites is 1. The Labute approximate surface area is 228 Å². The smallest absolute Gasteiger partial charge is 0.252 e. The van der Waals surface area contributed by atoms with Gasteiger partial charge in [0.25, 0.3) is 5.56 Å². The lowest BCUT2D eigenvalue weighted by Crippen LogP contribution is -2.35. The summed E-state index contributed by atoms with van der Waals surface area (Å²) >= 11 is 0. The minimum atomic E-state index is -0.309. The number of nitrogens with zero attached hydrogens (tertiary/aromatic N) is 5. The third-order valence-corrected chi connectivity index (χ3v) is 6.79. The first-order chi connectivity index (χ1) is 18.7. The van der Waals surface area contributed by atoms with Crippen LogP contribution in [-0.2, 0) is 18.6 Å². The topological polar surface area (TPSA) is 107 Å². The van der Waals surface area contributed by atoms with Crippen LogP contribution >= 0.6 is 0 Å². The number of rotatable bonds is 11. The van der Waals surface area contributed by atoms with Crippen molar-refractivity contribution in [1.82, 2.24) is 30.1 Å². The molecule has 0 unspecified atom stereocenters. The van der Waals surface area contributed by atoms with E-state index in [1.54, 1.807) is 27.4 Å². The number of aromatic nitrogens is 5. The van der Waals surface area contributed by atoms with Gasteiger partial charge in [0.1, 0.15) is 5.75 Å². The molecule has 0 amide bonds. The van der Waals surface area contributed by atoms with Crippen LogP contribution in [-0.4, -0.2) is 51.4 Å². The number of H-pyrrole nitrogens is 1. The molecule has 0 aliphatic carbocycles. The number of fused-ring (bicyclic) bond motifs is 1. The third-order valence-electron chi connectivity index (χ3n) is 6.79. The molecule has 2 heterocycles. The molecular weight excluding hydrogens is 496 g/mol. The Balaban J connectivity index is 1.83. The van der Waals surface area contributed by atoms with Crippen molar-refractivity contribution in [3.05, 3.63) is 69.8 Å². The molecule has 1 atom stereocenters. The van der Waals surface area contributed by atoms with Crippen LogP contribution in [0.15, 0.2) is 47.3 Å². The maximum absolute atomic E-state index is 13.4. The van der Waals surface area contributed by atoms with E-state index in [-0.39, 0.29) is 17.1 Å². The van der Waals surface area contributed by atoms with Crippen molar-refractivity contribution in [3.8, 4) is 17.2 Å². The SMILES string of the molecule is CCC[C@@H](c1nnnn1C(C)(C)C)N(Cc1ccccc1OC)Cc1cc2cc(OC)c(OC)cc2[nH]c1=O. The molecule has 39 heavy (non-hydrogen) atoms. The van der Waals surface area contributed by atoms with E-state index in [4.69, 9.17) is 14.2 Å². The van der Waals surface area contributed by atoms with Gasteiger partial charge in [-0.1, -0.05) is 31.5 Å². The fraction of sp³-hybridized carbons (Fsp3) is 0.448. The van der Waals surface area contributed by atoms with Crippen LogP contribution in [0, 0.1) is 0 Å². The molecule has 4 rings (SSSR count). The van der Waals surface area contributed by atoms with Crippen molar-refractivity contribution >= 4 is 10.9 Å². The standard InChI is InChI=1S/C29H38N6O4/c1-8-11-23(27-31-32-33-35(27)29(2,3)4)34(17-19-12-9-10-13-24(19)37-5)18-21-14-20-15-25(38-6)26(39-7)16-22(20)30-28(21)36/h9-10,12-16,23H,8,11,17-18H2,1-7H3,(H,30,36)/t23-/m0/s1. The zero-order chi connectivity index (χ0) is 28.2. The average molecular weight is 535 g/mol. The first-order valence-electron chi connectivity index (χ1n) is 13.1. The minimum Gasteiger partial charge on any atom is -0.496 e. The summed E-state index contributed by atoms with van der Waals surface area (Å²) in [7, 11) is 4.84. The van der Waals surface area contributed by atoms with Crippen molar-refractivity contribution in [1.29, 1.82) is 0 Å². The number of methoxy groups -OCH3 is 3. The normalized spacial score (nSPS) is 12.6. The van der Waals surface area contributed by atoms with E-state index in [0.29, 0.717) is 35.7 Å². The van der Waals surface area contributed by atoms with Gasteiger partial charge in [0.05, 0.1) is 38.4 Å². The van der Waals surface area contributed by atoms with Gasteiger partial charge >= 0.3 is 0 Å². The molecule has 4 aromatic rings. The molecule has 10 nitrogen and oxygen atoms in total. The molecule has 0 radical (unpaired) electrons. The maximum Gasteiger partial charge on any atom is 0.252 e. The number of aromatic amines is 1. The van der Waals surface area contributed by atoms with Crippen molar-refractivity contribution in [2.75, 3.05) is 21.3 Å². The summed E-state index contributed by atoms with van der Waals surface area (Å²) in [5.41, 5.74) is 1.85. The highest BCUT2D eigenvalue weighted by atomic mass is 16.5. The highest BCUT2D eigenvalue weighted by Gasteiger charge is 2.31. The fourth-order valence-corrected chi connectivity index (χ4v) is 4.87. The Morgan fingerprint density at radius 3 is 2.28 bits per heavy atom. The summed E-state index contributed by atoms with van der Waals surface area (Å²) in [6.45, 7) is 9.29. The summed E-state index contributed by atoms with van der Waals surface area (Å²) in [6, 6.07) is 13.4. The van der Waals surface area contributed by atoms with E-state index in [1.165, 1.54) is 0 Å². The highest BCUT2D eigenvalue weighted by molar-refractivity contribution is 5.83. The van der Waals surface area contributed by atoms with Crippen molar-refractivity contribution < 1.29 is 14.2 Å². The van der Waals surface area contributed by atoms with Crippen LogP contribution in [0.1, 0.15) is 63.5 Å². The van der Waals surface area contributed by atoms with Gasteiger partial charge in [-0.3, -0.25) is 9.69 Å². The molecule has 208 valence electrons. The largest absolute Gasteiger partial charge is 0.496 e. The number of ether oxygens (including phenoxy) is 3. The highest BCUT2D eigenvalue weighted by Crippen LogP contribution is 2.33. The molecule has 10 heteroatoms. The molecule has 0 aliphatic rings. The molecule has 0 fully saturated rings. The lowest BCUT2D eigenvalue weighted by Gasteiger charge is -2.33. The number of hydrogen-bond acceptors (Lipinski definition) is 8. The van der Waals surface area contributed by atoms with Crippen LogP contribution in [0.4, 0.5) is 0 Å². The van der Waals surface area contributed by atoms with E-state index in [2.05, 4.69) is 53.1 Å². The Kier molecular flexibility index (Phi) is 8.54. The van der Waals surface area contributed by atoms with Crippen LogP contribution in [0.3, 0.4) is 0 Å². The van der Waals surface area contributed by atoms with Crippen LogP contribution < -0.4 is 19.8 Å². The summed E-state index contributed by atoms with van der Waals surface area (Å²) in [5.74, 6) is 2.71. The number of benzene rings is 2. The molecule has 1 N–H and O–H groups in total. The Morgan fingerprint density at radius 1 is 0.949 bits per heavy atom. The average Bonchev–Trinajstić information content (AvgIpc) is 3.42. The summed E-state index contributed by atoms with van der Waals surface area (Å²) in [6.07, 6.45) is 1.72. The van der Waals surface area contributed by atoms with E-state index < -0.39 is 0 Å². The Morgan fingerprint density at radius 2 is 1.62 bits per heavy atom. The predicted molar refractivity (Wildman–Crippen MR) is 150 cm³/mol. The van der Waals surface area contributed by atoms with E-state index >= 15 is 0 Å². The van der Waals surface area contributed by atoms with Crippen LogP contribution in [0.25, 0.3) is 10.9 Å². The molecule has 0 aliphatic heterocycles. The molecule has 2 aromatic heterocycles. The first kappa shape index (κ1) is 28.1. The lowest BCUT2D eigenvalue weighted by molar-refractivity contribution is 0.147. The molecular formula is C29H38N6O4. The van der Waals surface area contributed by atoms with Gasteiger partial charge in [-0.25, -0.2) is 4.68 Å². The number of tetrazole rings is 1. The zero-order valence-electron chi connectivity index (χ0n) is 23.8. The zero-order valence-corrected chi connectivity index (χ0v) is 23.8. The monoisotopic (exact) mass is 534 g/mol. The number of nitrogens with one attached hydrogen (secondary N) is 1. The van der Waals surface area contributed by atoms with Gasteiger partial charge in [0.2, 0.25) is 0 Å². The van der Waals surface area contributed by atoms with E-state index in [1.807, 2.05) is 41.1 Å². The number of pyridine rings is 1. The van der Waals surface area contributed by atoms with Crippen molar-refractivity contribution in [3.63, 3.8) is 0 Å². The second kappa shape index (κ2) is 11.9. The minimum absolute atomic E-state index is 0.144. The Hall–Kier alpha value is -3.92. The fourth-order valence-electron chi connectivity index (χ4n) is 4.87. The lowest BCUT2D eigenvalue weighted by atomic mass is 10.0. The Bertz CT molecular complexity index is 1470. The molecule has 0 saturated heterocycles. The quantitative estimate of drug-likeness (QED) is 0.291. The summed E-state index contributed by atoms with van der Waals surface area (Å²) < 4.78 is 18.5. The van der Waals surface area contributed by atoms with Gasteiger partial charge in [-0.15, -0.1) is 5.10 Å². The van der Waals surface area contributed by atoms with Crippen molar-refractivity contribution in [2.24, 2.45) is 0 Å². The van der Waals surface area contributed by atoms with Crippen LogP contribution in [0.5, 0.6) is 17.2 Å². The predicted octanol–water partition coefficient (Wildman–Crippen LogP) is 4.84. The van der Waals surface area contributed by atoms with Crippen molar-refractivity contribution in [2.45, 2.75) is 65.2 Å². The molecule has 0 spiro atoms. The van der Waals surface area contributed by atoms with Gasteiger partial charge in [-0.05, 0) is 55.8 Å². The van der Waals surface area contributed by atoms with Crippen LogP contribution in [0.2, 0.25) is 0 Å². The van der Waals surface area contributed by atoms with Gasteiger partial charge in [0, 0.05) is 35.7 Å². The molecule has 0 saturated carbocycles. The molecule has 2 aromatic carbocycles. The summed E-state index contributed by atoms with van der Waals surface area (Å²) in [5, 5.41) is 13.7. The van der Waals surface area contributed by atoms with E-state index in [9.17, 15) is 4.79 Å². The van der Waals surface area contributed by atoms with Gasteiger partial charge in [0.15, 0.2) is 17.3 Å².